The number of benzene rings is 1. The Morgan fingerprint density at radius 3 is 2.95 bits per heavy atom. The van der Waals surface area contributed by atoms with Gasteiger partial charge in [-0.25, -0.2) is 9.18 Å². The van der Waals surface area contributed by atoms with Crippen LogP contribution in [0.4, 0.5) is 9.18 Å². The van der Waals surface area contributed by atoms with Gasteiger partial charge >= 0.3 is 6.03 Å². The molecule has 102 valence electrons. The quantitative estimate of drug-likeness (QED) is 0.787. The second kappa shape index (κ2) is 5.83. The Morgan fingerprint density at radius 1 is 1.58 bits per heavy atom. The molecular formula is C12H14FN3O2S. The van der Waals surface area contributed by atoms with Crippen LogP contribution >= 0.6 is 12.2 Å². The van der Waals surface area contributed by atoms with E-state index in [1.54, 1.807) is 11.0 Å². The van der Waals surface area contributed by atoms with Gasteiger partial charge < -0.3 is 20.7 Å². The van der Waals surface area contributed by atoms with Crippen molar-refractivity contribution >= 4 is 23.2 Å². The van der Waals surface area contributed by atoms with Crippen molar-refractivity contribution in [2.24, 2.45) is 5.73 Å². The average molecular weight is 283 g/mol. The van der Waals surface area contributed by atoms with Crippen molar-refractivity contribution in [1.29, 1.82) is 0 Å². The van der Waals surface area contributed by atoms with Crippen LogP contribution < -0.4 is 15.8 Å². The van der Waals surface area contributed by atoms with Crippen LogP contribution in [0.2, 0.25) is 0 Å². The lowest BCUT2D eigenvalue weighted by molar-refractivity contribution is 0.202. The highest BCUT2D eigenvalue weighted by Gasteiger charge is 2.18. The monoisotopic (exact) mass is 283 g/mol. The van der Waals surface area contributed by atoms with E-state index >= 15 is 0 Å². The third-order valence-electron chi connectivity index (χ3n) is 2.78. The number of carbonyl (C=O) groups excluding carboxylic acids is 1. The maximum atomic E-state index is 13.6. The molecule has 3 N–H and O–H groups in total. The van der Waals surface area contributed by atoms with Crippen molar-refractivity contribution in [2.75, 3.05) is 26.2 Å². The molecule has 2 amide bonds. The molecule has 1 aliphatic heterocycles. The summed E-state index contributed by atoms with van der Waals surface area (Å²) in [5, 5.41) is 2.69. The van der Waals surface area contributed by atoms with Crippen molar-refractivity contribution in [3.05, 3.63) is 29.6 Å². The largest absolute Gasteiger partial charge is 0.492 e. The van der Waals surface area contributed by atoms with Gasteiger partial charge in [-0.05, 0) is 12.1 Å². The SMILES string of the molecule is NC(=S)c1ccc(OCCN2CCNC2=O)cc1F. The van der Waals surface area contributed by atoms with Crippen LogP contribution in [0, 0.1) is 5.82 Å². The topological polar surface area (TPSA) is 67.6 Å². The van der Waals surface area contributed by atoms with Gasteiger partial charge in [0.05, 0.1) is 6.54 Å². The summed E-state index contributed by atoms with van der Waals surface area (Å²) < 4.78 is 19.0. The Labute approximate surface area is 115 Å². The minimum absolute atomic E-state index is 0.0118. The van der Waals surface area contributed by atoms with Gasteiger partial charge in [-0.15, -0.1) is 0 Å². The summed E-state index contributed by atoms with van der Waals surface area (Å²) in [5.74, 6) is -0.124. The second-order valence-electron chi connectivity index (χ2n) is 4.07. The molecule has 1 fully saturated rings. The molecule has 0 aliphatic carbocycles. The standard InChI is InChI=1S/C12H14FN3O2S/c13-10-7-8(1-2-9(10)11(14)19)18-6-5-16-4-3-15-12(16)17/h1-2,7H,3-6H2,(H2,14,19)(H,15,17). The van der Waals surface area contributed by atoms with E-state index in [2.05, 4.69) is 5.32 Å². The number of carbonyl (C=O) groups is 1. The highest BCUT2D eigenvalue weighted by atomic mass is 32.1. The molecular weight excluding hydrogens is 269 g/mol. The normalized spacial score (nSPS) is 14.4. The fourth-order valence-electron chi connectivity index (χ4n) is 1.78. The fourth-order valence-corrected chi connectivity index (χ4v) is 1.95. The van der Waals surface area contributed by atoms with Crippen LogP contribution in [0.25, 0.3) is 0 Å². The summed E-state index contributed by atoms with van der Waals surface area (Å²) >= 11 is 4.71. The van der Waals surface area contributed by atoms with Gasteiger partial charge in [0, 0.05) is 24.7 Å². The van der Waals surface area contributed by atoms with Crippen molar-refractivity contribution in [3.8, 4) is 5.75 Å². The minimum atomic E-state index is -0.510. The molecule has 0 spiro atoms. The number of thiocarbonyl (C=S) groups is 1. The Morgan fingerprint density at radius 2 is 2.37 bits per heavy atom. The van der Waals surface area contributed by atoms with E-state index in [9.17, 15) is 9.18 Å². The number of hydrogen-bond donors (Lipinski definition) is 2. The first-order chi connectivity index (χ1) is 9.08. The Hall–Kier alpha value is -1.89. The molecule has 0 saturated carbocycles. The molecule has 1 aliphatic rings. The first-order valence-corrected chi connectivity index (χ1v) is 6.23. The fraction of sp³-hybridized carbons (Fsp3) is 0.333. The van der Waals surface area contributed by atoms with E-state index in [1.807, 2.05) is 0 Å². The van der Waals surface area contributed by atoms with E-state index in [-0.39, 0.29) is 16.6 Å². The van der Waals surface area contributed by atoms with Crippen molar-refractivity contribution < 1.29 is 13.9 Å². The lowest BCUT2D eigenvalue weighted by atomic mass is 10.2. The van der Waals surface area contributed by atoms with Crippen LogP contribution in [0.3, 0.4) is 0 Å². The zero-order chi connectivity index (χ0) is 13.8. The number of nitrogens with one attached hydrogen (secondary N) is 1. The molecule has 1 heterocycles. The predicted molar refractivity (Wildman–Crippen MR) is 72.8 cm³/mol. The van der Waals surface area contributed by atoms with Gasteiger partial charge in [-0.2, -0.15) is 0 Å². The van der Waals surface area contributed by atoms with Crippen LogP contribution in [0.1, 0.15) is 5.56 Å². The average Bonchev–Trinajstić information content (AvgIpc) is 2.75. The summed E-state index contributed by atoms with van der Waals surface area (Å²) in [4.78, 5) is 12.9. The maximum absolute atomic E-state index is 13.6. The van der Waals surface area contributed by atoms with Gasteiger partial charge in [0.1, 0.15) is 23.2 Å². The molecule has 0 atom stereocenters. The number of ether oxygens (including phenoxy) is 1. The lowest BCUT2D eigenvalue weighted by Gasteiger charge is -2.14. The Balaban J connectivity index is 1.88. The third kappa shape index (κ3) is 3.31. The smallest absolute Gasteiger partial charge is 0.317 e. The summed E-state index contributed by atoms with van der Waals surface area (Å²) in [7, 11) is 0. The van der Waals surface area contributed by atoms with Crippen LogP contribution in [0.5, 0.6) is 5.75 Å². The maximum Gasteiger partial charge on any atom is 0.317 e. The van der Waals surface area contributed by atoms with Crippen molar-refractivity contribution in [1.82, 2.24) is 10.2 Å². The summed E-state index contributed by atoms with van der Waals surface area (Å²) in [6.07, 6.45) is 0. The highest BCUT2D eigenvalue weighted by molar-refractivity contribution is 7.80. The number of nitrogens with two attached hydrogens (primary N) is 1. The van der Waals surface area contributed by atoms with Gasteiger partial charge in [-0.3, -0.25) is 0 Å². The van der Waals surface area contributed by atoms with E-state index in [4.69, 9.17) is 22.7 Å². The van der Waals surface area contributed by atoms with Crippen LogP contribution in [0.15, 0.2) is 18.2 Å². The molecule has 5 nitrogen and oxygen atoms in total. The Bertz CT molecular complexity index is 510. The molecule has 1 aromatic rings. The van der Waals surface area contributed by atoms with Crippen LogP contribution in [-0.4, -0.2) is 42.2 Å². The van der Waals surface area contributed by atoms with Crippen LogP contribution in [-0.2, 0) is 0 Å². The van der Waals surface area contributed by atoms with Crippen molar-refractivity contribution in [2.45, 2.75) is 0 Å². The zero-order valence-electron chi connectivity index (χ0n) is 10.2. The Kier molecular flexibility index (Phi) is 4.16. The summed E-state index contributed by atoms with van der Waals surface area (Å²) in [6, 6.07) is 4.22. The predicted octanol–water partition coefficient (Wildman–Crippen LogP) is 0.864. The van der Waals surface area contributed by atoms with Gasteiger partial charge in [0.2, 0.25) is 0 Å². The molecule has 0 bridgehead atoms. The number of halogens is 1. The second-order valence-corrected chi connectivity index (χ2v) is 4.51. The van der Waals surface area contributed by atoms with E-state index < -0.39 is 5.82 Å². The van der Waals surface area contributed by atoms with E-state index in [0.717, 1.165) is 0 Å². The molecule has 7 heteroatoms. The molecule has 0 radical (unpaired) electrons. The number of nitrogens with zero attached hydrogens (tertiary/aromatic N) is 1. The first-order valence-electron chi connectivity index (χ1n) is 5.83. The zero-order valence-corrected chi connectivity index (χ0v) is 11.0. The molecule has 19 heavy (non-hydrogen) atoms. The third-order valence-corrected chi connectivity index (χ3v) is 3.00. The summed E-state index contributed by atoms with van der Waals surface area (Å²) in [6.45, 7) is 2.08. The molecule has 0 aromatic heterocycles. The number of urea groups is 1. The molecule has 1 saturated heterocycles. The van der Waals surface area contributed by atoms with E-state index in [1.165, 1.54) is 12.1 Å². The van der Waals surface area contributed by atoms with Gasteiger partial charge in [-0.1, -0.05) is 12.2 Å². The van der Waals surface area contributed by atoms with Gasteiger partial charge in [0.25, 0.3) is 0 Å². The molecule has 1 aromatic carbocycles. The lowest BCUT2D eigenvalue weighted by Crippen LogP contribution is -2.31. The number of amides is 2. The number of rotatable bonds is 5. The first kappa shape index (κ1) is 13.5. The minimum Gasteiger partial charge on any atom is -0.492 e. The van der Waals surface area contributed by atoms with Gasteiger partial charge in [0.15, 0.2) is 0 Å². The molecule has 2 rings (SSSR count). The van der Waals surface area contributed by atoms with Crippen molar-refractivity contribution in [3.63, 3.8) is 0 Å². The molecule has 0 unspecified atom stereocenters. The highest BCUT2D eigenvalue weighted by Crippen LogP contribution is 2.16. The van der Waals surface area contributed by atoms with E-state index in [0.29, 0.717) is 32.0 Å². The number of hydrogen-bond acceptors (Lipinski definition) is 3. The summed E-state index contributed by atoms with van der Waals surface area (Å²) in [5.41, 5.74) is 5.56.